The number of amides is 2. The molecule has 0 fully saturated rings. The molecule has 0 bridgehead atoms. The van der Waals surface area contributed by atoms with Crippen molar-refractivity contribution in [1.82, 2.24) is 25.5 Å². The number of fused-ring (bicyclic) bond motifs is 4. The average molecular weight is 584 g/mol. The number of nitrogens with zero attached hydrogens (tertiary/aromatic N) is 3. The number of rotatable bonds is 10. The molecule has 0 aliphatic heterocycles. The highest BCUT2D eigenvalue weighted by atomic mass is 16.2. The first-order chi connectivity index (χ1) is 21.4. The summed E-state index contributed by atoms with van der Waals surface area (Å²) in [4.78, 5) is 38.1. The molecule has 0 saturated carbocycles. The van der Waals surface area contributed by atoms with Crippen LogP contribution < -0.4 is 10.6 Å². The van der Waals surface area contributed by atoms with Crippen molar-refractivity contribution in [1.29, 1.82) is 0 Å². The molecule has 2 N–H and O–H groups in total. The first-order valence-corrected chi connectivity index (χ1v) is 15.2. The van der Waals surface area contributed by atoms with Crippen LogP contribution in [0.2, 0.25) is 0 Å². The Bertz CT molecular complexity index is 1870. The zero-order valence-corrected chi connectivity index (χ0v) is 25.5. The second-order valence-electron chi connectivity index (χ2n) is 11.7. The summed E-state index contributed by atoms with van der Waals surface area (Å²) in [5.41, 5.74) is 6.52. The highest BCUT2D eigenvalue weighted by molar-refractivity contribution is 6.09. The normalized spacial score (nSPS) is 11.5. The van der Waals surface area contributed by atoms with E-state index in [0.29, 0.717) is 24.2 Å². The van der Waals surface area contributed by atoms with Crippen molar-refractivity contribution in [3.8, 4) is 0 Å². The van der Waals surface area contributed by atoms with E-state index in [-0.39, 0.29) is 11.8 Å². The van der Waals surface area contributed by atoms with Crippen LogP contribution >= 0.6 is 0 Å². The molecular formula is C37H37N5O2. The Balaban J connectivity index is 0.979. The van der Waals surface area contributed by atoms with Gasteiger partial charge in [0.1, 0.15) is 0 Å². The van der Waals surface area contributed by atoms with E-state index < -0.39 is 0 Å². The second-order valence-corrected chi connectivity index (χ2v) is 11.7. The SMILES string of the molecule is Cc1cc(C(=O)NCCCN(C)CCCNC(=O)c2cc(C)cc3cc4ccccc4nc23)c2nc3ccccc3cc2c1. The highest BCUT2D eigenvalue weighted by Crippen LogP contribution is 2.25. The summed E-state index contributed by atoms with van der Waals surface area (Å²) in [5, 5.41) is 10.2. The van der Waals surface area contributed by atoms with Gasteiger partial charge in [-0.25, -0.2) is 9.97 Å². The quantitative estimate of drug-likeness (QED) is 0.141. The van der Waals surface area contributed by atoms with Gasteiger partial charge in [0, 0.05) is 34.6 Å². The third-order valence-corrected chi connectivity index (χ3v) is 8.02. The maximum absolute atomic E-state index is 13.1. The van der Waals surface area contributed by atoms with Crippen molar-refractivity contribution < 1.29 is 9.59 Å². The van der Waals surface area contributed by atoms with E-state index in [4.69, 9.17) is 9.97 Å². The predicted molar refractivity (Wildman–Crippen MR) is 179 cm³/mol. The van der Waals surface area contributed by atoms with Gasteiger partial charge in [-0.2, -0.15) is 0 Å². The van der Waals surface area contributed by atoms with Crippen LogP contribution in [0.15, 0.2) is 84.9 Å². The van der Waals surface area contributed by atoms with Gasteiger partial charge in [-0.05, 0) is 106 Å². The van der Waals surface area contributed by atoms with Crippen molar-refractivity contribution >= 4 is 55.4 Å². The number of carbonyl (C=O) groups excluding carboxylic acids is 2. The lowest BCUT2D eigenvalue weighted by Gasteiger charge is -2.17. The van der Waals surface area contributed by atoms with E-state index in [1.807, 2.05) is 74.5 Å². The first kappa shape index (κ1) is 29.2. The van der Waals surface area contributed by atoms with Gasteiger partial charge in [0.25, 0.3) is 11.8 Å². The third-order valence-electron chi connectivity index (χ3n) is 8.02. The molecule has 0 unspecified atom stereocenters. The fourth-order valence-corrected chi connectivity index (χ4v) is 5.83. The van der Waals surface area contributed by atoms with Gasteiger partial charge >= 0.3 is 0 Å². The molecule has 4 aromatic carbocycles. The zero-order valence-electron chi connectivity index (χ0n) is 25.5. The number of carbonyl (C=O) groups is 2. The minimum atomic E-state index is -0.0991. The van der Waals surface area contributed by atoms with Gasteiger partial charge in [0.2, 0.25) is 0 Å². The molecule has 0 saturated heterocycles. The summed E-state index contributed by atoms with van der Waals surface area (Å²) in [6.45, 7) is 6.83. The molecule has 0 aliphatic rings. The van der Waals surface area contributed by atoms with E-state index in [1.165, 1.54) is 0 Å². The van der Waals surface area contributed by atoms with Crippen LogP contribution in [-0.2, 0) is 0 Å². The molecule has 0 atom stereocenters. The molecule has 2 aromatic heterocycles. The second kappa shape index (κ2) is 12.8. The number of nitrogens with one attached hydrogen (secondary N) is 2. The Labute approximate surface area is 257 Å². The standard InChI is InChI=1S/C37H37N5O2/c1-24-18-28-22-26-10-4-6-12-32(26)40-34(28)30(20-24)36(43)38-14-8-16-42(3)17-9-15-39-37(44)31-21-25(2)19-29-23-27-11-5-7-13-33(27)41-35(29)31/h4-7,10-13,18-23H,8-9,14-17H2,1-3H3,(H,38,43)(H,39,44). The molecule has 6 aromatic rings. The van der Waals surface area contributed by atoms with E-state index in [9.17, 15) is 9.59 Å². The molecule has 2 amide bonds. The lowest BCUT2D eigenvalue weighted by atomic mass is 10.0. The van der Waals surface area contributed by atoms with E-state index in [1.54, 1.807) is 0 Å². The lowest BCUT2D eigenvalue weighted by molar-refractivity contribution is 0.0947. The van der Waals surface area contributed by atoms with Crippen molar-refractivity contribution in [2.24, 2.45) is 0 Å². The fourth-order valence-electron chi connectivity index (χ4n) is 5.83. The first-order valence-electron chi connectivity index (χ1n) is 15.2. The fraction of sp³-hybridized carbons (Fsp3) is 0.243. The maximum atomic E-state index is 13.1. The minimum absolute atomic E-state index is 0.0991. The molecule has 6 rings (SSSR count). The monoisotopic (exact) mass is 583 g/mol. The van der Waals surface area contributed by atoms with Crippen LogP contribution in [0.1, 0.15) is 44.7 Å². The van der Waals surface area contributed by atoms with Crippen molar-refractivity contribution in [3.63, 3.8) is 0 Å². The molecule has 7 nitrogen and oxygen atoms in total. The van der Waals surface area contributed by atoms with Crippen molar-refractivity contribution in [2.45, 2.75) is 26.7 Å². The number of pyridine rings is 2. The number of aromatic nitrogens is 2. The summed E-state index contributed by atoms with van der Waals surface area (Å²) >= 11 is 0. The minimum Gasteiger partial charge on any atom is -0.352 e. The average Bonchev–Trinajstić information content (AvgIpc) is 3.02. The van der Waals surface area contributed by atoms with Crippen LogP contribution in [-0.4, -0.2) is 59.9 Å². The van der Waals surface area contributed by atoms with E-state index in [0.717, 1.165) is 80.7 Å². The summed E-state index contributed by atoms with van der Waals surface area (Å²) < 4.78 is 0. The van der Waals surface area contributed by atoms with Gasteiger partial charge in [-0.3, -0.25) is 9.59 Å². The van der Waals surface area contributed by atoms with Gasteiger partial charge < -0.3 is 15.5 Å². The van der Waals surface area contributed by atoms with E-state index >= 15 is 0 Å². The molecule has 0 aliphatic carbocycles. The van der Waals surface area contributed by atoms with Gasteiger partial charge in [0.05, 0.1) is 33.2 Å². The highest BCUT2D eigenvalue weighted by Gasteiger charge is 2.15. The largest absolute Gasteiger partial charge is 0.352 e. The van der Waals surface area contributed by atoms with E-state index in [2.05, 4.69) is 46.8 Å². The van der Waals surface area contributed by atoms with Crippen LogP contribution in [0.5, 0.6) is 0 Å². The topological polar surface area (TPSA) is 87.2 Å². The van der Waals surface area contributed by atoms with Crippen LogP contribution in [0, 0.1) is 13.8 Å². The Hall–Kier alpha value is -4.88. The Morgan fingerprint density at radius 3 is 1.50 bits per heavy atom. The number of para-hydroxylation sites is 2. The van der Waals surface area contributed by atoms with Gasteiger partial charge in [-0.1, -0.05) is 36.4 Å². The zero-order chi connectivity index (χ0) is 30.6. The molecular weight excluding hydrogens is 546 g/mol. The lowest BCUT2D eigenvalue weighted by Crippen LogP contribution is -2.31. The van der Waals surface area contributed by atoms with Crippen LogP contribution in [0.25, 0.3) is 43.6 Å². The van der Waals surface area contributed by atoms with Crippen LogP contribution in [0.3, 0.4) is 0 Å². The Morgan fingerprint density at radius 2 is 1.05 bits per heavy atom. The van der Waals surface area contributed by atoms with Crippen LogP contribution in [0.4, 0.5) is 0 Å². The number of hydrogen-bond acceptors (Lipinski definition) is 5. The summed E-state index contributed by atoms with van der Waals surface area (Å²) in [6, 6.07) is 28.1. The molecule has 222 valence electrons. The number of benzene rings is 4. The summed E-state index contributed by atoms with van der Waals surface area (Å²) in [5.74, 6) is -0.198. The van der Waals surface area contributed by atoms with Gasteiger partial charge in [0.15, 0.2) is 0 Å². The third kappa shape index (κ3) is 6.38. The number of hydrogen-bond donors (Lipinski definition) is 2. The van der Waals surface area contributed by atoms with Crippen molar-refractivity contribution in [3.05, 3.63) is 107 Å². The van der Waals surface area contributed by atoms with Crippen molar-refractivity contribution in [2.75, 3.05) is 33.2 Å². The summed E-state index contributed by atoms with van der Waals surface area (Å²) in [7, 11) is 2.07. The molecule has 0 radical (unpaired) electrons. The molecule has 0 spiro atoms. The molecule has 44 heavy (non-hydrogen) atoms. The Morgan fingerprint density at radius 1 is 0.614 bits per heavy atom. The number of aryl methyl sites for hydroxylation is 2. The smallest absolute Gasteiger partial charge is 0.253 e. The maximum Gasteiger partial charge on any atom is 0.253 e. The molecule has 7 heteroatoms. The summed E-state index contributed by atoms with van der Waals surface area (Å²) in [6.07, 6.45) is 1.65. The van der Waals surface area contributed by atoms with Gasteiger partial charge in [-0.15, -0.1) is 0 Å². The predicted octanol–water partition coefficient (Wildman–Crippen LogP) is 6.58. The Kier molecular flexibility index (Phi) is 8.48. The molecule has 2 heterocycles.